The molecule has 9 rings (SSSR count). The molecular formula is C118H210. The molecule has 0 heterocycles. The van der Waals surface area contributed by atoms with Crippen LogP contribution in [0, 0.1) is 289 Å². The molecule has 0 radical (unpaired) electrons. The summed E-state index contributed by atoms with van der Waals surface area (Å²) in [6, 6.07) is 0. The van der Waals surface area contributed by atoms with Crippen molar-refractivity contribution < 1.29 is 0 Å². The van der Waals surface area contributed by atoms with Crippen molar-refractivity contribution in [3.63, 3.8) is 0 Å². The van der Waals surface area contributed by atoms with Gasteiger partial charge in [0.1, 0.15) is 0 Å². The molecule has 0 amide bonds. The van der Waals surface area contributed by atoms with Crippen LogP contribution in [-0.2, 0) is 0 Å². The number of hydrogen-bond acceptors (Lipinski definition) is 0. The van der Waals surface area contributed by atoms with Gasteiger partial charge in [0.2, 0.25) is 0 Å². The van der Waals surface area contributed by atoms with Gasteiger partial charge in [-0.1, -0.05) is 323 Å². The highest BCUT2D eigenvalue weighted by Crippen LogP contribution is 2.73. The van der Waals surface area contributed by atoms with E-state index in [9.17, 15) is 0 Å². The summed E-state index contributed by atoms with van der Waals surface area (Å²) in [5.74, 6) is 6.97. The molecule has 0 N–H and O–H groups in total. The van der Waals surface area contributed by atoms with Gasteiger partial charge in [0.15, 0.2) is 0 Å². The van der Waals surface area contributed by atoms with Crippen molar-refractivity contribution >= 4 is 10.8 Å². The lowest BCUT2D eigenvalue weighted by Crippen LogP contribution is -2.62. The predicted octanol–water partition coefficient (Wildman–Crippen LogP) is 37.9. The second-order valence-corrected chi connectivity index (χ2v) is 51.9. The minimum Gasteiger partial charge on any atom is -0.0676 e. The summed E-state index contributed by atoms with van der Waals surface area (Å²) in [6.07, 6.45) is 0. The van der Waals surface area contributed by atoms with Crippen LogP contribution in [0.4, 0.5) is 0 Å². The van der Waals surface area contributed by atoms with E-state index < -0.39 is 0 Å². The van der Waals surface area contributed by atoms with Crippen LogP contribution in [0.5, 0.6) is 0 Å². The van der Waals surface area contributed by atoms with Crippen LogP contribution in [0.15, 0.2) is 11.1 Å². The normalized spacial score (nSPS) is 28.6. The summed E-state index contributed by atoms with van der Waals surface area (Å²) in [4.78, 5) is 0. The monoisotopic (exact) mass is 1630 g/mol. The summed E-state index contributed by atoms with van der Waals surface area (Å²) in [5.41, 5.74) is 39.2. The van der Waals surface area contributed by atoms with Crippen LogP contribution in [0.25, 0.3) is 10.8 Å². The number of benzene rings is 4. The highest BCUT2D eigenvalue weighted by molar-refractivity contribution is 5.97. The lowest BCUT2D eigenvalue weighted by atomic mass is 9.36. The number of aryl methyl sites for hydroxylation is 4. The zero-order valence-corrected chi connectivity index (χ0v) is 93.2. The lowest BCUT2D eigenvalue weighted by Gasteiger charge is -2.68. The average molecular weight is 1630 g/mol. The van der Waals surface area contributed by atoms with E-state index >= 15 is 0 Å². The molecule has 682 valence electrons. The standard InChI is InChI=1S/C18H24.2C16H32.C16H30.C15H30.C13H26.2C12H18/c1-9-10(2)14(6)18-16(8)12(4)11(3)15(7)17(18)13(9)5;1-11-13(3,4)15(7,8)12(2)16(9,10)14(11,5)6;2*1-11-12(2)14(5,6)16(9,10)15(7,8)13(11,3)4;1-10-11(2)14(6,7)15(8,9)12(3)13(10,4)5;1-9-11(3,4)10(2)13(7,8)12(9,5)6;2*1-7-8(2)10(4)12(6)11(5)9(7)3/h1-8H3;2*11-12H,1-10H3;1-10H3;10-12H,1-9H3;9-10H,1-8H3;2*1-6H3. The van der Waals surface area contributed by atoms with E-state index in [2.05, 4.69) is 464 Å². The molecule has 118 heavy (non-hydrogen) atoms. The molecule has 4 aromatic carbocycles. The maximum absolute atomic E-state index is 2.47. The van der Waals surface area contributed by atoms with Gasteiger partial charge in [-0.05, 0) is 425 Å². The molecular weight excluding hydrogens is 1420 g/mol. The molecule has 0 aliphatic heterocycles. The average Bonchev–Trinajstić information content (AvgIpc) is 0.985. The Bertz CT molecular complexity index is 3710. The number of allylic oxidation sites excluding steroid dienone is 2. The van der Waals surface area contributed by atoms with Crippen molar-refractivity contribution in [2.75, 3.05) is 0 Å². The fraction of sp³-hybridized carbons (Fsp3) is 0.797. The van der Waals surface area contributed by atoms with Gasteiger partial charge in [0.05, 0.1) is 0 Å². The molecule has 0 saturated heterocycles. The third-order valence-electron chi connectivity index (χ3n) is 47.4. The van der Waals surface area contributed by atoms with E-state index in [4.69, 9.17) is 0 Å². The van der Waals surface area contributed by atoms with Crippen molar-refractivity contribution in [1.82, 2.24) is 0 Å². The third kappa shape index (κ3) is 17.2. The number of fused-ring (bicyclic) bond motifs is 1. The first-order chi connectivity index (χ1) is 51.7. The van der Waals surface area contributed by atoms with Crippen LogP contribution in [0.1, 0.15) is 437 Å². The Kier molecular flexibility index (Phi) is 32.8. The highest BCUT2D eigenvalue weighted by atomic mass is 14.7. The first kappa shape index (κ1) is 111. The summed E-state index contributed by atoms with van der Waals surface area (Å²) < 4.78 is 0. The molecule has 0 nitrogen and oxygen atoms in total. The maximum Gasteiger partial charge on any atom is -0.00881 e. The third-order valence-corrected chi connectivity index (χ3v) is 47.4. The van der Waals surface area contributed by atoms with Crippen molar-refractivity contribution in [3.05, 3.63) is 122 Å². The first-order valence-electron chi connectivity index (χ1n) is 47.9. The van der Waals surface area contributed by atoms with Crippen molar-refractivity contribution in [3.8, 4) is 0 Å². The molecule has 5 aliphatic carbocycles. The van der Waals surface area contributed by atoms with Gasteiger partial charge in [-0.3, -0.25) is 0 Å². The topological polar surface area (TPSA) is 0 Å². The molecule has 4 saturated carbocycles. The Hall–Kier alpha value is -3.12. The minimum atomic E-state index is 0.274. The SMILES string of the molecule is CC1=C(C)C(C)(C)C(C)(C)C(C)(C)C1(C)C.CC1C(C)(C)C(C)(C)C(C)C(C)(C)C1(C)C.CC1C(C)(C)C(C)C(C)(C)C1(C)C.CC1C(C)C(C)(C)C(C)(C)C(C)(C)C1(C)C.CC1C(C)C(C)(C)C(C)(C)C(C)C1(C)C.Cc1c(C)c(C)c(C)c(C)c1C.Cc1c(C)c(C)c(C)c(C)c1C.Cc1c(C)c(C)c2c(C)c(C)c(C)c(C)c2c1C. The van der Waals surface area contributed by atoms with Gasteiger partial charge in [-0.2, -0.15) is 0 Å². The molecule has 0 heteroatoms. The molecule has 5 aliphatic rings. The van der Waals surface area contributed by atoms with Crippen LogP contribution in [0.2, 0.25) is 0 Å². The second-order valence-electron chi connectivity index (χ2n) is 51.9. The zero-order valence-electron chi connectivity index (χ0n) is 93.2. The van der Waals surface area contributed by atoms with Gasteiger partial charge in [0, 0.05) is 0 Å². The Morgan fingerprint density at radius 3 is 0.432 bits per heavy atom. The molecule has 0 bridgehead atoms. The van der Waals surface area contributed by atoms with E-state index in [0.717, 1.165) is 53.3 Å². The molecule has 4 aromatic rings. The summed E-state index contributed by atoms with van der Waals surface area (Å²) >= 11 is 0. The van der Waals surface area contributed by atoms with Gasteiger partial charge in [-0.15, -0.1) is 0 Å². The Labute approximate surface area is 743 Å². The summed E-state index contributed by atoms with van der Waals surface area (Å²) in [6.45, 7) is 159. The van der Waals surface area contributed by atoms with E-state index in [0.29, 0.717) is 86.6 Å². The van der Waals surface area contributed by atoms with Gasteiger partial charge < -0.3 is 0 Å². The molecule has 0 spiro atoms. The summed E-state index contributed by atoms with van der Waals surface area (Å²) in [5, 5.41) is 2.97. The van der Waals surface area contributed by atoms with Gasteiger partial charge in [0.25, 0.3) is 0 Å². The first-order valence-corrected chi connectivity index (χ1v) is 47.9. The largest absolute Gasteiger partial charge is 0.0676 e. The molecule has 7 unspecified atom stereocenters. The van der Waals surface area contributed by atoms with Crippen LogP contribution < -0.4 is 0 Å². The maximum atomic E-state index is 2.47. The number of hydrogen-bond donors (Lipinski definition) is 0. The highest BCUT2D eigenvalue weighted by Gasteiger charge is 2.66. The zero-order chi connectivity index (χ0) is 95.1. The van der Waals surface area contributed by atoms with Crippen molar-refractivity contribution in [2.24, 2.45) is 151 Å². The van der Waals surface area contributed by atoms with Gasteiger partial charge in [-0.25, -0.2) is 0 Å². The second kappa shape index (κ2) is 34.9. The van der Waals surface area contributed by atoms with Crippen LogP contribution in [-0.4, -0.2) is 0 Å². The van der Waals surface area contributed by atoms with Crippen molar-refractivity contribution in [1.29, 1.82) is 0 Å². The predicted molar refractivity (Wildman–Crippen MR) is 540 cm³/mol. The molecule has 4 fully saturated rings. The van der Waals surface area contributed by atoms with E-state index in [1.54, 1.807) is 11.1 Å². The van der Waals surface area contributed by atoms with E-state index in [1.807, 2.05) is 0 Å². The van der Waals surface area contributed by atoms with Crippen LogP contribution in [0.3, 0.4) is 0 Å². The Morgan fingerprint density at radius 2 is 0.271 bits per heavy atom. The minimum absolute atomic E-state index is 0.274. The summed E-state index contributed by atoms with van der Waals surface area (Å²) in [7, 11) is 0. The Balaban J connectivity index is 0.000000459. The van der Waals surface area contributed by atoms with Gasteiger partial charge >= 0.3 is 0 Å². The molecule has 7 atom stereocenters. The Morgan fingerprint density at radius 1 is 0.136 bits per heavy atom. The van der Waals surface area contributed by atoms with E-state index in [-0.39, 0.29) is 10.8 Å². The van der Waals surface area contributed by atoms with Crippen molar-refractivity contribution in [2.45, 2.75) is 464 Å². The number of rotatable bonds is 0. The van der Waals surface area contributed by atoms with E-state index in [1.165, 1.54) is 122 Å². The van der Waals surface area contributed by atoms with Crippen LogP contribution >= 0.6 is 0 Å². The lowest BCUT2D eigenvalue weighted by molar-refractivity contribution is -0.204. The smallest absolute Gasteiger partial charge is 0.00881 e. The fourth-order valence-corrected chi connectivity index (χ4v) is 25.1. The fourth-order valence-electron chi connectivity index (χ4n) is 25.1. The quantitative estimate of drug-likeness (QED) is 0.154. The molecule has 0 aromatic heterocycles.